The average Bonchev–Trinajstić information content (AvgIpc) is 2.38. The molecule has 2 atom stereocenters. The third kappa shape index (κ3) is 6.98. The van der Waals surface area contributed by atoms with E-state index >= 15 is 0 Å². The molecule has 1 rings (SSSR count). The zero-order valence-corrected chi connectivity index (χ0v) is 13.3. The number of nitrogens with one attached hydrogen (secondary N) is 1. The molecule has 1 unspecified atom stereocenters. The lowest BCUT2D eigenvalue weighted by Gasteiger charge is -2.20. The largest absolute Gasteiger partial charge is 0.308 e. The van der Waals surface area contributed by atoms with Crippen LogP contribution in [0.3, 0.4) is 0 Å². The highest BCUT2D eigenvalue weighted by Gasteiger charge is 2.09. The molecule has 2 heteroatoms. The van der Waals surface area contributed by atoms with Gasteiger partial charge in [-0.05, 0) is 38.0 Å². The Morgan fingerprint density at radius 2 is 1.84 bits per heavy atom. The average molecular weight is 282 g/mol. The summed E-state index contributed by atoms with van der Waals surface area (Å²) in [5.74, 6) is 0. The summed E-state index contributed by atoms with van der Waals surface area (Å²) in [6.07, 6.45) is 8.03. The van der Waals surface area contributed by atoms with Crippen LogP contribution in [0.1, 0.15) is 70.9 Å². The number of hydrogen-bond donors (Lipinski definition) is 1. The van der Waals surface area contributed by atoms with Crippen LogP contribution in [0, 0.1) is 0 Å². The second-order valence-corrected chi connectivity index (χ2v) is 5.98. The van der Waals surface area contributed by atoms with Crippen LogP contribution in [-0.2, 0) is 0 Å². The van der Waals surface area contributed by atoms with Gasteiger partial charge in [-0.25, -0.2) is 0 Å². The quantitative estimate of drug-likeness (QED) is 0.569. The van der Waals surface area contributed by atoms with Gasteiger partial charge in [0.05, 0.1) is 0 Å². The molecule has 1 aromatic carbocycles. The van der Waals surface area contributed by atoms with Gasteiger partial charge in [-0.2, -0.15) is 0 Å². The number of benzene rings is 1. The van der Waals surface area contributed by atoms with Gasteiger partial charge in [-0.15, -0.1) is 0 Å². The maximum Gasteiger partial charge on any atom is 0.0409 e. The molecule has 1 N–H and O–H groups in total. The SMILES string of the molecule is CCCCCCCC(C)N[C@@H](C)c1cccc(Cl)c1. The Hall–Kier alpha value is -0.530. The maximum atomic E-state index is 6.03. The summed E-state index contributed by atoms with van der Waals surface area (Å²) >= 11 is 6.03. The van der Waals surface area contributed by atoms with Crippen LogP contribution in [0.2, 0.25) is 5.02 Å². The lowest BCUT2D eigenvalue weighted by Crippen LogP contribution is -2.28. The second-order valence-electron chi connectivity index (χ2n) is 5.55. The van der Waals surface area contributed by atoms with Crippen molar-refractivity contribution in [2.75, 3.05) is 0 Å². The van der Waals surface area contributed by atoms with Crippen molar-refractivity contribution in [2.45, 2.75) is 71.4 Å². The molecule has 19 heavy (non-hydrogen) atoms. The first-order valence-corrected chi connectivity index (χ1v) is 8.02. The van der Waals surface area contributed by atoms with Crippen LogP contribution >= 0.6 is 11.6 Å². The number of rotatable bonds is 9. The van der Waals surface area contributed by atoms with E-state index < -0.39 is 0 Å². The van der Waals surface area contributed by atoms with Crippen molar-refractivity contribution >= 4 is 11.6 Å². The van der Waals surface area contributed by atoms with E-state index in [0.717, 1.165) is 5.02 Å². The Balaban J connectivity index is 2.26. The molecule has 0 saturated carbocycles. The van der Waals surface area contributed by atoms with Crippen LogP contribution in [0.15, 0.2) is 24.3 Å². The van der Waals surface area contributed by atoms with Crippen molar-refractivity contribution in [3.63, 3.8) is 0 Å². The minimum Gasteiger partial charge on any atom is -0.308 e. The van der Waals surface area contributed by atoms with E-state index in [9.17, 15) is 0 Å². The smallest absolute Gasteiger partial charge is 0.0409 e. The fraction of sp³-hybridized carbons (Fsp3) is 0.647. The molecule has 0 aliphatic carbocycles. The van der Waals surface area contributed by atoms with Crippen LogP contribution in [0.25, 0.3) is 0 Å². The van der Waals surface area contributed by atoms with Crippen LogP contribution in [0.5, 0.6) is 0 Å². The predicted molar refractivity (Wildman–Crippen MR) is 85.8 cm³/mol. The van der Waals surface area contributed by atoms with E-state index in [0.29, 0.717) is 12.1 Å². The van der Waals surface area contributed by atoms with Gasteiger partial charge in [0.15, 0.2) is 0 Å². The Kier molecular flexibility index (Phi) is 8.16. The molecule has 0 aromatic heterocycles. The second kappa shape index (κ2) is 9.39. The van der Waals surface area contributed by atoms with Crippen molar-refractivity contribution in [1.29, 1.82) is 0 Å². The number of hydrogen-bond acceptors (Lipinski definition) is 1. The van der Waals surface area contributed by atoms with E-state index in [1.807, 2.05) is 18.2 Å². The van der Waals surface area contributed by atoms with E-state index in [1.165, 1.54) is 44.1 Å². The van der Waals surface area contributed by atoms with Crippen molar-refractivity contribution < 1.29 is 0 Å². The molecular weight excluding hydrogens is 254 g/mol. The molecule has 0 radical (unpaired) electrons. The maximum absolute atomic E-state index is 6.03. The van der Waals surface area contributed by atoms with Crippen LogP contribution < -0.4 is 5.32 Å². The van der Waals surface area contributed by atoms with Gasteiger partial charge in [0, 0.05) is 17.1 Å². The van der Waals surface area contributed by atoms with Gasteiger partial charge < -0.3 is 5.32 Å². The standard InChI is InChI=1S/C17H28ClN/c1-4-5-6-7-8-10-14(2)19-15(3)16-11-9-12-17(18)13-16/h9,11-15,19H,4-8,10H2,1-3H3/t14?,15-/m0/s1. The van der Waals surface area contributed by atoms with Crippen molar-refractivity contribution in [1.82, 2.24) is 5.32 Å². The van der Waals surface area contributed by atoms with Crippen LogP contribution in [0.4, 0.5) is 0 Å². The molecule has 1 aromatic rings. The highest BCUT2D eigenvalue weighted by Crippen LogP contribution is 2.18. The summed E-state index contributed by atoms with van der Waals surface area (Å²) in [7, 11) is 0. The zero-order chi connectivity index (χ0) is 14.1. The molecule has 0 aliphatic heterocycles. The Morgan fingerprint density at radius 3 is 2.53 bits per heavy atom. The number of halogens is 1. The Labute approximate surface area is 123 Å². The lowest BCUT2D eigenvalue weighted by molar-refractivity contribution is 0.436. The molecule has 108 valence electrons. The monoisotopic (exact) mass is 281 g/mol. The molecule has 0 amide bonds. The molecule has 0 bridgehead atoms. The summed E-state index contributed by atoms with van der Waals surface area (Å²) in [4.78, 5) is 0. The fourth-order valence-electron chi connectivity index (χ4n) is 2.44. The van der Waals surface area contributed by atoms with Crippen molar-refractivity contribution in [3.8, 4) is 0 Å². The predicted octanol–water partition coefficient (Wildman–Crippen LogP) is 5.74. The van der Waals surface area contributed by atoms with Gasteiger partial charge in [-0.3, -0.25) is 0 Å². The molecule has 0 spiro atoms. The molecular formula is C17H28ClN. The minimum absolute atomic E-state index is 0.365. The zero-order valence-electron chi connectivity index (χ0n) is 12.6. The van der Waals surface area contributed by atoms with Crippen molar-refractivity contribution in [2.24, 2.45) is 0 Å². The third-order valence-electron chi connectivity index (χ3n) is 3.62. The van der Waals surface area contributed by atoms with E-state index in [4.69, 9.17) is 11.6 Å². The highest BCUT2D eigenvalue weighted by atomic mass is 35.5. The number of unbranched alkanes of at least 4 members (excludes halogenated alkanes) is 4. The fourth-order valence-corrected chi connectivity index (χ4v) is 2.64. The van der Waals surface area contributed by atoms with Crippen molar-refractivity contribution in [3.05, 3.63) is 34.9 Å². The normalized spacial score (nSPS) is 14.3. The minimum atomic E-state index is 0.365. The van der Waals surface area contributed by atoms with Gasteiger partial charge in [-0.1, -0.05) is 62.8 Å². The molecule has 0 saturated heterocycles. The van der Waals surface area contributed by atoms with Crippen LogP contribution in [-0.4, -0.2) is 6.04 Å². The molecule has 0 aliphatic rings. The van der Waals surface area contributed by atoms with Gasteiger partial charge in [0.1, 0.15) is 0 Å². The Bertz CT molecular complexity index is 351. The topological polar surface area (TPSA) is 12.0 Å². The Morgan fingerprint density at radius 1 is 1.11 bits per heavy atom. The lowest BCUT2D eigenvalue weighted by atomic mass is 10.0. The summed E-state index contributed by atoms with van der Waals surface area (Å²) < 4.78 is 0. The van der Waals surface area contributed by atoms with E-state index in [2.05, 4.69) is 32.2 Å². The van der Waals surface area contributed by atoms with Gasteiger partial charge in [0.25, 0.3) is 0 Å². The first-order chi connectivity index (χ1) is 9.13. The first kappa shape index (κ1) is 16.5. The molecule has 0 heterocycles. The summed E-state index contributed by atoms with van der Waals surface area (Å²) in [6.45, 7) is 6.75. The summed E-state index contributed by atoms with van der Waals surface area (Å²) in [5, 5.41) is 4.47. The summed E-state index contributed by atoms with van der Waals surface area (Å²) in [6, 6.07) is 9.06. The van der Waals surface area contributed by atoms with Gasteiger partial charge in [0.2, 0.25) is 0 Å². The molecule has 1 nitrogen and oxygen atoms in total. The summed E-state index contributed by atoms with van der Waals surface area (Å²) in [5.41, 5.74) is 1.27. The highest BCUT2D eigenvalue weighted by molar-refractivity contribution is 6.30. The van der Waals surface area contributed by atoms with E-state index in [1.54, 1.807) is 0 Å². The van der Waals surface area contributed by atoms with E-state index in [-0.39, 0.29) is 0 Å². The van der Waals surface area contributed by atoms with Gasteiger partial charge >= 0.3 is 0 Å². The first-order valence-electron chi connectivity index (χ1n) is 7.65. The molecule has 0 fully saturated rings. The third-order valence-corrected chi connectivity index (χ3v) is 3.86.